The van der Waals surface area contributed by atoms with Gasteiger partial charge < -0.3 is 20.1 Å². The van der Waals surface area contributed by atoms with Gasteiger partial charge in [0.1, 0.15) is 0 Å². The number of aryl methyl sites for hydroxylation is 2. The molecule has 2 atom stereocenters. The van der Waals surface area contributed by atoms with Crippen LogP contribution in [0.5, 0.6) is 0 Å². The molecule has 0 saturated carbocycles. The lowest BCUT2D eigenvalue weighted by Gasteiger charge is -2.29. The summed E-state index contributed by atoms with van der Waals surface area (Å²) in [5.41, 5.74) is 6.30. The van der Waals surface area contributed by atoms with Crippen molar-refractivity contribution in [1.29, 1.82) is 0 Å². The van der Waals surface area contributed by atoms with Crippen molar-refractivity contribution in [1.82, 2.24) is 19.8 Å². The number of nitrogens with zero attached hydrogens (tertiary/aromatic N) is 3. The third-order valence-corrected chi connectivity index (χ3v) is 7.26. The SMILES string of the molecule is CCc1ccccc1NC(=O)CCN1C(=S)N[C@@H](c2ccccn2)[C@H]1c1cccn1-c1ccccc1C. The third kappa shape index (κ3) is 5.13. The molecular weight excluding hydrogens is 478 g/mol. The van der Waals surface area contributed by atoms with Crippen LogP contribution in [0.3, 0.4) is 0 Å². The highest BCUT2D eigenvalue weighted by atomic mass is 32.1. The van der Waals surface area contributed by atoms with Gasteiger partial charge in [0.2, 0.25) is 5.91 Å². The fourth-order valence-corrected chi connectivity index (χ4v) is 5.37. The fraction of sp³-hybridized carbons (Fsp3) is 0.233. The van der Waals surface area contributed by atoms with Crippen molar-refractivity contribution in [3.05, 3.63) is 114 Å². The number of aromatic nitrogens is 2. The standard InChI is InChI=1S/C30H31N5OS/c1-3-22-12-5-6-13-23(22)32-27(36)17-20-35-29(28(33-30(35)37)24-14-8-9-18-31-24)26-16-10-19-34(26)25-15-7-4-11-21(25)2/h4-16,18-19,28-29H,3,17,20H2,1-2H3,(H,32,36)(H,33,37)/t28-,29+/m0/s1. The third-order valence-electron chi connectivity index (χ3n) is 6.91. The van der Waals surface area contributed by atoms with E-state index < -0.39 is 0 Å². The molecule has 0 unspecified atom stereocenters. The maximum absolute atomic E-state index is 13.0. The Kier molecular flexibility index (Phi) is 7.32. The van der Waals surface area contributed by atoms with Crippen LogP contribution < -0.4 is 10.6 Å². The normalized spacial score (nSPS) is 17.0. The van der Waals surface area contributed by atoms with E-state index in [1.165, 1.54) is 5.56 Å². The van der Waals surface area contributed by atoms with Crippen molar-refractivity contribution in [2.75, 3.05) is 11.9 Å². The molecule has 2 aromatic heterocycles. The molecule has 37 heavy (non-hydrogen) atoms. The van der Waals surface area contributed by atoms with E-state index in [1.54, 1.807) is 6.20 Å². The fourth-order valence-electron chi connectivity index (χ4n) is 5.04. The predicted molar refractivity (Wildman–Crippen MR) is 152 cm³/mol. The van der Waals surface area contributed by atoms with Crippen molar-refractivity contribution in [2.45, 2.75) is 38.8 Å². The molecule has 1 amide bonds. The van der Waals surface area contributed by atoms with Gasteiger partial charge in [-0.1, -0.05) is 49.4 Å². The molecule has 0 spiro atoms. The van der Waals surface area contributed by atoms with Gasteiger partial charge in [0.15, 0.2) is 5.11 Å². The molecule has 1 saturated heterocycles. The molecule has 1 aliphatic rings. The first-order valence-corrected chi connectivity index (χ1v) is 13.1. The summed E-state index contributed by atoms with van der Waals surface area (Å²) in [7, 11) is 0. The lowest BCUT2D eigenvalue weighted by molar-refractivity contribution is -0.116. The lowest BCUT2D eigenvalue weighted by atomic mass is 10.0. The minimum Gasteiger partial charge on any atom is -0.352 e. The second kappa shape index (κ2) is 11.0. The van der Waals surface area contributed by atoms with E-state index in [-0.39, 0.29) is 18.0 Å². The molecule has 188 valence electrons. The number of benzene rings is 2. The first kappa shape index (κ1) is 24.7. The Morgan fingerprint density at radius 3 is 2.59 bits per heavy atom. The second-order valence-corrected chi connectivity index (χ2v) is 9.61. The summed E-state index contributed by atoms with van der Waals surface area (Å²) >= 11 is 5.82. The van der Waals surface area contributed by atoms with Crippen LogP contribution in [0.2, 0.25) is 0 Å². The van der Waals surface area contributed by atoms with Gasteiger partial charge in [-0.05, 0) is 73.1 Å². The number of rotatable bonds is 8. The van der Waals surface area contributed by atoms with Crippen molar-refractivity contribution in [3.8, 4) is 5.69 Å². The Labute approximate surface area is 223 Å². The molecule has 1 aliphatic heterocycles. The van der Waals surface area contributed by atoms with Crippen LogP contribution in [0.1, 0.15) is 47.9 Å². The zero-order valence-corrected chi connectivity index (χ0v) is 21.9. The van der Waals surface area contributed by atoms with E-state index in [1.807, 2.05) is 48.5 Å². The van der Waals surface area contributed by atoms with E-state index in [0.29, 0.717) is 18.1 Å². The number of para-hydroxylation sites is 2. The Hall–Kier alpha value is -3.97. The van der Waals surface area contributed by atoms with Crippen molar-refractivity contribution >= 4 is 28.9 Å². The summed E-state index contributed by atoms with van der Waals surface area (Å²) in [6, 6.07) is 26.1. The van der Waals surface area contributed by atoms with Gasteiger partial charge in [0.05, 0.1) is 17.8 Å². The molecule has 7 heteroatoms. The van der Waals surface area contributed by atoms with E-state index in [9.17, 15) is 4.79 Å². The maximum atomic E-state index is 13.0. The highest BCUT2D eigenvalue weighted by molar-refractivity contribution is 7.80. The molecule has 0 bridgehead atoms. The Morgan fingerprint density at radius 1 is 1.03 bits per heavy atom. The minimum absolute atomic E-state index is 0.0296. The number of hydrogen-bond acceptors (Lipinski definition) is 3. The van der Waals surface area contributed by atoms with Crippen LogP contribution in [0.25, 0.3) is 5.69 Å². The van der Waals surface area contributed by atoms with Crippen molar-refractivity contribution in [2.24, 2.45) is 0 Å². The zero-order chi connectivity index (χ0) is 25.8. The topological polar surface area (TPSA) is 62.2 Å². The van der Waals surface area contributed by atoms with Crippen LogP contribution in [0.4, 0.5) is 5.69 Å². The Bertz CT molecular complexity index is 1400. The summed E-state index contributed by atoms with van der Waals surface area (Å²) in [5, 5.41) is 7.21. The smallest absolute Gasteiger partial charge is 0.226 e. The van der Waals surface area contributed by atoms with Gasteiger partial charge >= 0.3 is 0 Å². The number of hydrogen-bond donors (Lipinski definition) is 2. The molecule has 5 rings (SSSR count). The zero-order valence-electron chi connectivity index (χ0n) is 21.1. The van der Waals surface area contributed by atoms with Gasteiger partial charge in [-0.25, -0.2) is 0 Å². The van der Waals surface area contributed by atoms with E-state index in [4.69, 9.17) is 12.2 Å². The molecule has 1 fully saturated rings. The number of carbonyl (C=O) groups excluding carboxylic acids is 1. The number of pyridine rings is 1. The summed E-state index contributed by atoms with van der Waals surface area (Å²) < 4.78 is 2.22. The molecule has 3 heterocycles. The van der Waals surface area contributed by atoms with Gasteiger partial charge in [-0.15, -0.1) is 0 Å². The maximum Gasteiger partial charge on any atom is 0.226 e. The minimum atomic E-state index is -0.143. The monoisotopic (exact) mass is 509 g/mol. The van der Waals surface area contributed by atoms with Gasteiger partial charge in [-0.2, -0.15) is 0 Å². The number of amides is 1. The van der Waals surface area contributed by atoms with Crippen molar-refractivity contribution < 1.29 is 4.79 Å². The molecular formula is C30H31N5OS. The number of carbonyl (C=O) groups is 1. The average molecular weight is 510 g/mol. The lowest BCUT2D eigenvalue weighted by Crippen LogP contribution is -2.33. The predicted octanol–water partition coefficient (Wildman–Crippen LogP) is 5.74. The molecule has 4 aromatic rings. The van der Waals surface area contributed by atoms with Gasteiger partial charge in [0.25, 0.3) is 0 Å². The van der Waals surface area contributed by atoms with Gasteiger partial charge in [-0.3, -0.25) is 9.78 Å². The largest absolute Gasteiger partial charge is 0.352 e. The summed E-state index contributed by atoms with van der Waals surface area (Å²) in [4.78, 5) is 19.8. The van der Waals surface area contributed by atoms with Crippen molar-refractivity contribution in [3.63, 3.8) is 0 Å². The van der Waals surface area contributed by atoms with Crippen LogP contribution in [0.15, 0.2) is 91.3 Å². The summed E-state index contributed by atoms with van der Waals surface area (Å²) in [6.07, 6.45) is 5.07. The molecule has 0 radical (unpaired) electrons. The van der Waals surface area contributed by atoms with Crippen LogP contribution >= 0.6 is 12.2 Å². The Morgan fingerprint density at radius 2 is 1.81 bits per heavy atom. The van der Waals surface area contributed by atoms with Crippen LogP contribution in [-0.2, 0) is 11.2 Å². The summed E-state index contributed by atoms with van der Waals surface area (Å²) in [5.74, 6) is -0.0296. The highest BCUT2D eigenvalue weighted by Crippen LogP contribution is 2.39. The quantitative estimate of drug-likeness (QED) is 0.297. The first-order valence-electron chi connectivity index (χ1n) is 12.7. The number of nitrogens with one attached hydrogen (secondary N) is 2. The highest BCUT2D eigenvalue weighted by Gasteiger charge is 2.41. The van der Waals surface area contributed by atoms with E-state index in [2.05, 4.69) is 75.5 Å². The van der Waals surface area contributed by atoms with E-state index >= 15 is 0 Å². The molecule has 2 aromatic carbocycles. The first-order chi connectivity index (χ1) is 18.1. The average Bonchev–Trinajstić information content (AvgIpc) is 3.52. The Balaban J connectivity index is 1.45. The number of anilines is 1. The van der Waals surface area contributed by atoms with E-state index in [0.717, 1.165) is 34.7 Å². The molecule has 6 nitrogen and oxygen atoms in total. The number of thiocarbonyl (C=S) groups is 1. The van der Waals surface area contributed by atoms with Gasteiger partial charge in [0, 0.05) is 42.4 Å². The van der Waals surface area contributed by atoms with Crippen LogP contribution in [-0.4, -0.2) is 32.0 Å². The summed E-state index contributed by atoms with van der Waals surface area (Å²) in [6.45, 7) is 4.69. The van der Waals surface area contributed by atoms with Crippen LogP contribution in [0, 0.1) is 6.92 Å². The second-order valence-electron chi connectivity index (χ2n) is 9.22. The molecule has 0 aliphatic carbocycles. The molecule has 2 N–H and O–H groups in total.